The summed E-state index contributed by atoms with van der Waals surface area (Å²) < 4.78 is 1.34. The van der Waals surface area contributed by atoms with Gasteiger partial charge in [0.2, 0.25) is 0 Å². The van der Waals surface area contributed by atoms with Gasteiger partial charge >= 0.3 is 0 Å². The summed E-state index contributed by atoms with van der Waals surface area (Å²) >= 11 is 0. The van der Waals surface area contributed by atoms with Gasteiger partial charge in [-0.15, -0.1) is 0 Å². The Morgan fingerprint density at radius 2 is 1.50 bits per heavy atom. The molecule has 0 unspecified atom stereocenters. The second-order valence-corrected chi connectivity index (χ2v) is 8.87. The van der Waals surface area contributed by atoms with E-state index in [9.17, 15) is 0 Å². The number of hydrogen-bond acceptors (Lipinski definition) is 1. The first-order valence-corrected chi connectivity index (χ1v) is 11.5. The summed E-state index contributed by atoms with van der Waals surface area (Å²) in [4.78, 5) is 2.73. The van der Waals surface area contributed by atoms with Gasteiger partial charge in [-0.3, -0.25) is 0 Å². The Hall–Kier alpha value is -1.80. The first-order valence-electron chi connectivity index (χ1n) is 11.5. The van der Waals surface area contributed by atoms with Crippen molar-refractivity contribution >= 4 is 5.69 Å². The molecule has 150 valence electrons. The molecular formula is C26H37N2+. The van der Waals surface area contributed by atoms with Crippen LogP contribution in [0.15, 0.2) is 54.6 Å². The van der Waals surface area contributed by atoms with Crippen molar-refractivity contribution in [3.05, 3.63) is 65.7 Å². The smallest absolute Gasteiger partial charge is 0.0907 e. The Morgan fingerprint density at radius 1 is 0.857 bits per heavy atom. The lowest BCUT2D eigenvalue weighted by molar-refractivity contribution is -0.953. The molecular weight excluding hydrogens is 340 g/mol. The molecule has 0 bridgehead atoms. The average molecular weight is 378 g/mol. The van der Waals surface area contributed by atoms with E-state index in [4.69, 9.17) is 0 Å². The Morgan fingerprint density at radius 3 is 2.14 bits per heavy atom. The van der Waals surface area contributed by atoms with Gasteiger partial charge in [0.15, 0.2) is 0 Å². The standard InChI is InChI=1S/C26H37N2/c1-3-28(4-2)19-11-10-16-26(28)17-18-27(24-14-6-5-7-15-24)25-20-22-12-8-9-13-23(22)21-25/h5-9,12-15,25-26H,3-4,10-11,16-21H2,1-2H3/q+1/t26-/m1/s1. The van der Waals surface area contributed by atoms with Gasteiger partial charge in [0, 0.05) is 24.7 Å². The normalized spacial score (nSPS) is 21.4. The number of fused-ring (bicyclic) bond motifs is 1. The maximum atomic E-state index is 2.73. The number of piperidine rings is 1. The van der Waals surface area contributed by atoms with E-state index in [1.165, 1.54) is 74.9 Å². The molecule has 0 spiro atoms. The zero-order valence-electron chi connectivity index (χ0n) is 17.8. The van der Waals surface area contributed by atoms with Crippen LogP contribution in [0.5, 0.6) is 0 Å². The first kappa shape index (κ1) is 19.5. The molecule has 2 heteroatoms. The highest BCUT2D eigenvalue weighted by Gasteiger charge is 2.37. The van der Waals surface area contributed by atoms with Gasteiger partial charge in [0.1, 0.15) is 0 Å². The van der Waals surface area contributed by atoms with Crippen molar-refractivity contribution < 1.29 is 4.48 Å². The minimum Gasteiger partial charge on any atom is -0.368 e. The lowest BCUT2D eigenvalue weighted by atomic mass is 9.94. The largest absolute Gasteiger partial charge is 0.368 e. The third-order valence-electron chi connectivity index (χ3n) is 7.69. The molecule has 2 aromatic carbocycles. The summed E-state index contributed by atoms with van der Waals surface area (Å²) in [7, 11) is 0. The number of benzene rings is 2. The molecule has 0 aromatic heterocycles. The molecule has 28 heavy (non-hydrogen) atoms. The number of para-hydroxylation sites is 1. The van der Waals surface area contributed by atoms with Crippen LogP contribution < -0.4 is 4.90 Å². The Balaban J connectivity index is 1.52. The SMILES string of the molecule is CC[N+]1(CC)CCCC[C@@H]1CCN(c1ccccc1)C1Cc2ccccc2C1. The lowest BCUT2D eigenvalue weighted by Gasteiger charge is -2.47. The maximum absolute atomic E-state index is 2.73. The molecule has 1 heterocycles. The molecule has 1 fully saturated rings. The van der Waals surface area contributed by atoms with Crippen LogP contribution in [-0.2, 0) is 12.8 Å². The molecule has 2 aromatic rings. The highest BCUT2D eigenvalue weighted by atomic mass is 15.4. The number of nitrogens with zero attached hydrogens (tertiary/aromatic N) is 2. The van der Waals surface area contributed by atoms with Gasteiger partial charge < -0.3 is 9.38 Å². The first-order chi connectivity index (χ1) is 13.8. The van der Waals surface area contributed by atoms with E-state index in [2.05, 4.69) is 73.3 Å². The van der Waals surface area contributed by atoms with E-state index in [-0.39, 0.29) is 0 Å². The van der Waals surface area contributed by atoms with Crippen LogP contribution in [0.1, 0.15) is 50.7 Å². The quantitative estimate of drug-likeness (QED) is 0.579. The van der Waals surface area contributed by atoms with Crippen molar-refractivity contribution in [1.82, 2.24) is 0 Å². The van der Waals surface area contributed by atoms with Crippen molar-refractivity contribution in [3.63, 3.8) is 0 Å². The van der Waals surface area contributed by atoms with E-state index < -0.39 is 0 Å². The summed E-state index contributed by atoms with van der Waals surface area (Å²) in [6.07, 6.45) is 7.95. The minimum atomic E-state index is 0.605. The Bertz CT molecular complexity index is 725. The summed E-state index contributed by atoms with van der Waals surface area (Å²) in [5, 5.41) is 0. The van der Waals surface area contributed by atoms with Gasteiger partial charge in [0.05, 0.1) is 25.7 Å². The van der Waals surface area contributed by atoms with Crippen LogP contribution in [0.3, 0.4) is 0 Å². The van der Waals surface area contributed by atoms with Crippen molar-refractivity contribution in [2.75, 3.05) is 31.1 Å². The molecule has 2 nitrogen and oxygen atoms in total. The van der Waals surface area contributed by atoms with Gasteiger partial charge in [-0.1, -0.05) is 42.5 Å². The average Bonchev–Trinajstić information content (AvgIpc) is 3.19. The van der Waals surface area contributed by atoms with Crippen molar-refractivity contribution in [2.24, 2.45) is 0 Å². The Kier molecular flexibility index (Phi) is 6.06. The highest BCUT2D eigenvalue weighted by Crippen LogP contribution is 2.32. The molecule has 0 N–H and O–H groups in total. The monoisotopic (exact) mass is 377 g/mol. The summed E-state index contributed by atoms with van der Waals surface area (Å²) in [6.45, 7) is 9.97. The van der Waals surface area contributed by atoms with Gasteiger partial charge in [-0.25, -0.2) is 0 Å². The van der Waals surface area contributed by atoms with Crippen LogP contribution in [0, 0.1) is 0 Å². The molecule has 4 rings (SSSR count). The third kappa shape index (κ3) is 3.85. The Labute approximate surface area is 171 Å². The molecule has 1 atom stereocenters. The predicted octanol–water partition coefficient (Wildman–Crippen LogP) is 5.46. The molecule has 0 amide bonds. The van der Waals surface area contributed by atoms with Crippen LogP contribution >= 0.6 is 0 Å². The van der Waals surface area contributed by atoms with E-state index in [0.29, 0.717) is 6.04 Å². The van der Waals surface area contributed by atoms with Gasteiger partial charge in [-0.05, 0) is 69.2 Å². The predicted molar refractivity (Wildman–Crippen MR) is 120 cm³/mol. The van der Waals surface area contributed by atoms with Crippen LogP contribution in [0.2, 0.25) is 0 Å². The van der Waals surface area contributed by atoms with E-state index >= 15 is 0 Å². The summed E-state index contributed by atoms with van der Waals surface area (Å²) in [5.74, 6) is 0. The molecule has 0 saturated carbocycles. The number of likely N-dealkylation sites (tertiary alicyclic amines) is 1. The summed E-state index contributed by atoms with van der Waals surface area (Å²) in [6, 6.07) is 21.7. The molecule has 1 saturated heterocycles. The van der Waals surface area contributed by atoms with Crippen LogP contribution in [-0.4, -0.2) is 42.7 Å². The highest BCUT2D eigenvalue weighted by molar-refractivity contribution is 5.49. The number of hydrogen-bond donors (Lipinski definition) is 0. The molecule has 1 aliphatic carbocycles. The second kappa shape index (κ2) is 8.69. The van der Waals surface area contributed by atoms with Crippen LogP contribution in [0.25, 0.3) is 0 Å². The van der Waals surface area contributed by atoms with E-state index in [1.54, 1.807) is 11.1 Å². The fraction of sp³-hybridized carbons (Fsp3) is 0.538. The van der Waals surface area contributed by atoms with E-state index in [0.717, 1.165) is 6.04 Å². The maximum Gasteiger partial charge on any atom is 0.0907 e. The molecule has 1 aliphatic heterocycles. The second-order valence-electron chi connectivity index (χ2n) is 8.87. The van der Waals surface area contributed by atoms with Gasteiger partial charge in [0.25, 0.3) is 0 Å². The van der Waals surface area contributed by atoms with E-state index in [1.807, 2.05) is 0 Å². The number of anilines is 1. The zero-order valence-corrected chi connectivity index (χ0v) is 17.8. The van der Waals surface area contributed by atoms with Crippen molar-refractivity contribution in [1.29, 1.82) is 0 Å². The lowest BCUT2D eigenvalue weighted by Crippen LogP contribution is -2.58. The fourth-order valence-corrected chi connectivity index (χ4v) is 5.92. The summed E-state index contributed by atoms with van der Waals surface area (Å²) in [5.41, 5.74) is 4.51. The van der Waals surface area contributed by atoms with Gasteiger partial charge in [-0.2, -0.15) is 0 Å². The number of quaternary nitrogens is 1. The molecule has 0 radical (unpaired) electrons. The topological polar surface area (TPSA) is 3.24 Å². The third-order valence-corrected chi connectivity index (χ3v) is 7.69. The van der Waals surface area contributed by atoms with Crippen molar-refractivity contribution in [2.45, 2.75) is 64.5 Å². The fourth-order valence-electron chi connectivity index (χ4n) is 5.92. The van der Waals surface area contributed by atoms with Crippen LogP contribution in [0.4, 0.5) is 5.69 Å². The minimum absolute atomic E-state index is 0.605. The molecule has 2 aliphatic rings. The number of rotatable bonds is 7. The zero-order chi connectivity index (χ0) is 19.4. The van der Waals surface area contributed by atoms with Crippen molar-refractivity contribution in [3.8, 4) is 0 Å².